The van der Waals surface area contributed by atoms with Gasteiger partial charge in [0.2, 0.25) is 5.66 Å². The number of nitrogens with zero attached hydrogens (tertiary/aromatic N) is 4. The van der Waals surface area contributed by atoms with Crippen molar-refractivity contribution in [1.82, 2.24) is 0 Å². The third-order valence-electron chi connectivity index (χ3n) is 5.18. The van der Waals surface area contributed by atoms with Crippen molar-refractivity contribution in [3.8, 4) is 0 Å². The van der Waals surface area contributed by atoms with Crippen molar-refractivity contribution in [2.24, 2.45) is 26.6 Å². The number of carboxylic acids is 1. The number of carboxylic acid groups (broad SMARTS) is 1. The standard InChI is InChI=1S/C17H22N4O4S/c1-17(18-20-21-19-17)14-10-12(7-8-15(14)26(2,24)25)13(16(22)23)9-11-5-3-4-6-11/h7-8,10-11,13H,3-6,9H2,1-2H3,(H,22,23). The Hall–Kier alpha value is -2.16. The molecule has 1 unspecified atom stereocenters. The number of hydrogen-bond donors (Lipinski definition) is 1. The molecule has 1 aliphatic heterocycles. The first kappa shape index (κ1) is 18.6. The Morgan fingerprint density at radius 2 is 1.88 bits per heavy atom. The van der Waals surface area contributed by atoms with E-state index >= 15 is 0 Å². The highest BCUT2D eigenvalue weighted by Crippen LogP contribution is 2.39. The van der Waals surface area contributed by atoms with Gasteiger partial charge < -0.3 is 5.11 Å². The topological polar surface area (TPSA) is 121 Å². The van der Waals surface area contributed by atoms with Crippen LogP contribution < -0.4 is 0 Å². The van der Waals surface area contributed by atoms with Crippen LogP contribution in [-0.4, -0.2) is 25.7 Å². The summed E-state index contributed by atoms with van der Waals surface area (Å²) in [7, 11) is -3.54. The first-order chi connectivity index (χ1) is 12.2. The summed E-state index contributed by atoms with van der Waals surface area (Å²) in [5.41, 5.74) is -0.393. The molecule has 1 heterocycles. The van der Waals surface area contributed by atoms with E-state index in [2.05, 4.69) is 20.7 Å². The fraction of sp³-hybridized carbons (Fsp3) is 0.588. The Morgan fingerprint density at radius 1 is 1.27 bits per heavy atom. The Morgan fingerprint density at radius 3 is 2.42 bits per heavy atom. The highest BCUT2D eigenvalue weighted by Gasteiger charge is 2.36. The molecule has 0 saturated heterocycles. The summed E-state index contributed by atoms with van der Waals surface area (Å²) in [6.07, 6.45) is 6.00. The Labute approximate surface area is 152 Å². The van der Waals surface area contributed by atoms with Crippen LogP contribution in [0.25, 0.3) is 0 Å². The lowest BCUT2D eigenvalue weighted by atomic mass is 9.86. The van der Waals surface area contributed by atoms with E-state index in [1.165, 1.54) is 6.07 Å². The van der Waals surface area contributed by atoms with Crippen molar-refractivity contribution in [1.29, 1.82) is 0 Å². The second-order valence-corrected chi connectivity index (χ2v) is 9.19. The van der Waals surface area contributed by atoms with Crippen LogP contribution in [0.5, 0.6) is 0 Å². The van der Waals surface area contributed by atoms with Crippen LogP contribution in [0.1, 0.15) is 56.1 Å². The lowest BCUT2D eigenvalue weighted by Gasteiger charge is -2.22. The molecule has 0 spiro atoms. The molecule has 9 heteroatoms. The molecule has 140 valence electrons. The molecule has 8 nitrogen and oxygen atoms in total. The number of carbonyl (C=O) groups is 1. The van der Waals surface area contributed by atoms with Crippen molar-refractivity contribution in [3.05, 3.63) is 29.3 Å². The van der Waals surface area contributed by atoms with Gasteiger partial charge in [0.25, 0.3) is 0 Å². The molecule has 1 aromatic rings. The fourth-order valence-electron chi connectivity index (χ4n) is 3.76. The minimum atomic E-state index is -3.54. The van der Waals surface area contributed by atoms with Crippen molar-refractivity contribution >= 4 is 15.8 Å². The van der Waals surface area contributed by atoms with Gasteiger partial charge in [-0.25, -0.2) is 8.42 Å². The summed E-state index contributed by atoms with van der Waals surface area (Å²) in [5, 5.41) is 24.6. The van der Waals surface area contributed by atoms with Crippen molar-refractivity contribution in [2.75, 3.05) is 6.26 Å². The van der Waals surface area contributed by atoms with Crippen LogP contribution >= 0.6 is 0 Å². The van der Waals surface area contributed by atoms with Gasteiger partial charge in [-0.3, -0.25) is 4.79 Å². The summed E-state index contributed by atoms with van der Waals surface area (Å²) in [4.78, 5) is 11.9. The smallest absolute Gasteiger partial charge is 0.310 e. The monoisotopic (exact) mass is 378 g/mol. The quantitative estimate of drug-likeness (QED) is 0.808. The molecule has 0 amide bonds. The van der Waals surface area contributed by atoms with Gasteiger partial charge in [0.15, 0.2) is 9.84 Å². The van der Waals surface area contributed by atoms with Gasteiger partial charge in [0, 0.05) is 11.8 Å². The predicted molar refractivity (Wildman–Crippen MR) is 93.6 cm³/mol. The number of aliphatic carboxylic acids is 1. The van der Waals surface area contributed by atoms with Crippen LogP contribution in [0.2, 0.25) is 0 Å². The highest BCUT2D eigenvalue weighted by molar-refractivity contribution is 7.90. The molecule has 1 aromatic carbocycles. The normalized spacial score (nSPS) is 20.5. The summed E-state index contributed by atoms with van der Waals surface area (Å²) in [6, 6.07) is 4.62. The molecule has 0 bridgehead atoms. The first-order valence-corrected chi connectivity index (χ1v) is 10.5. The van der Waals surface area contributed by atoms with Gasteiger partial charge in [-0.05, 0) is 47.4 Å². The van der Waals surface area contributed by atoms with Gasteiger partial charge in [-0.2, -0.15) is 0 Å². The van der Waals surface area contributed by atoms with Gasteiger partial charge in [-0.1, -0.05) is 31.7 Å². The average molecular weight is 378 g/mol. The van der Waals surface area contributed by atoms with Crippen LogP contribution in [0.3, 0.4) is 0 Å². The minimum Gasteiger partial charge on any atom is -0.481 e. The van der Waals surface area contributed by atoms with Gasteiger partial charge in [0.1, 0.15) is 0 Å². The van der Waals surface area contributed by atoms with Gasteiger partial charge >= 0.3 is 5.97 Å². The molecular weight excluding hydrogens is 356 g/mol. The number of hydrogen-bond acceptors (Lipinski definition) is 7. The maximum atomic E-state index is 12.2. The van der Waals surface area contributed by atoms with Crippen LogP contribution in [-0.2, 0) is 20.3 Å². The van der Waals surface area contributed by atoms with Crippen LogP contribution in [0.4, 0.5) is 0 Å². The molecule has 1 aliphatic carbocycles. The lowest BCUT2D eigenvalue weighted by Crippen LogP contribution is -2.20. The molecule has 1 atom stereocenters. The molecule has 26 heavy (non-hydrogen) atoms. The van der Waals surface area contributed by atoms with Crippen molar-refractivity contribution in [2.45, 2.75) is 55.5 Å². The molecule has 0 aromatic heterocycles. The third kappa shape index (κ3) is 3.67. The van der Waals surface area contributed by atoms with E-state index in [1.807, 2.05) is 0 Å². The second kappa shape index (κ2) is 6.86. The van der Waals surface area contributed by atoms with E-state index in [4.69, 9.17) is 0 Å². The van der Waals surface area contributed by atoms with Gasteiger partial charge in [-0.15, -0.1) is 10.2 Å². The zero-order valence-corrected chi connectivity index (χ0v) is 15.6. The first-order valence-electron chi connectivity index (χ1n) is 8.62. The molecule has 3 rings (SSSR count). The predicted octanol–water partition coefficient (Wildman–Crippen LogP) is 3.84. The van der Waals surface area contributed by atoms with E-state index in [0.717, 1.165) is 31.9 Å². The van der Waals surface area contributed by atoms with E-state index in [0.29, 0.717) is 23.5 Å². The maximum Gasteiger partial charge on any atom is 0.310 e. The molecule has 1 fully saturated rings. The largest absolute Gasteiger partial charge is 0.481 e. The van der Waals surface area contributed by atoms with Crippen molar-refractivity contribution in [3.63, 3.8) is 0 Å². The summed E-state index contributed by atoms with van der Waals surface area (Å²) < 4.78 is 24.4. The SMILES string of the molecule is CC1(c2cc(C(CC3CCCC3)C(=O)O)ccc2S(C)(=O)=O)N=NN=N1. The lowest BCUT2D eigenvalue weighted by molar-refractivity contribution is -0.139. The molecule has 1 saturated carbocycles. The Kier molecular flexibility index (Phi) is 4.92. The maximum absolute atomic E-state index is 12.2. The van der Waals surface area contributed by atoms with E-state index in [9.17, 15) is 18.3 Å². The number of benzene rings is 1. The molecular formula is C17H22N4O4S. The zero-order valence-electron chi connectivity index (χ0n) is 14.8. The zero-order chi connectivity index (χ0) is 18.9. The van der Waals surface area contributed by atoms with Gasteiger partial charge in [0.05, 0.1) is 10.8 Å². The number of rotatable bonds is 6. The minimum absolute atomic E-state index is 0.0635. The van der Waals surface area contributed by atoms with E-state index < -0.39 is 27.4 Å². The Bertz CT molecular complexity index is 861. The summed E-state index contributed by atoms with van der Waals surface area (Å²) in [5.74, 6) is -1.21. The fourth-order valence-corrected chi connectivity index (χ4v) is 4.73. The van der Waals surface area contributed by atoms with E-state index in [1.54, 1.807) is 19.1 Å². The third-order valence-corrected chi connectivity index (χ3v) is 6.33. The summed E-state index contributed by atoms with van der Waals surface area (Å²) in [6.45, 7) is 1.60. The second-order valence-electron chi connectivity index (χ2n) is 7.20. The summed E-state index contributed by atoms with van der Waals surface area (Å²) >= 11 is 0. The van der Waals surface area contributed by atoms with E-state index in [-0.39, 0.29) is 4.90 Å². The molecule has 1 N–H and O–H groups in total. The highest BCUT2D eigenvalue weighted by atomic mass is 32.2. The molecule has 2 aliphatic rings. The Balaban J connectivity index is 2.06. The van der Waals surface area contributed by atoms with Crippen LogP contribution in [0.15, 0.2) is 43.8 Å². The molecule has 0 radical (unpaired) electrons. The van der Waals surface area contributed by atoms with Crippen molar-refractivity contribution < 1.29 is 18.3 Å². The van der Waals surface area contributed by atoms with Crippen LogP contribution in [0, 0.1) is 5.92 Å². The number of sulfone groups is 1. The average Bonchev–Trinajstić information content (AvgIpc) is 3.23.